The van der Waals surface area contributed by atoms with E-state index < -0.39 is 28.3 Å². The van der Waals surface area contributed by atoms with Crippen LogP contribution in [0.25, 0.3) is 6.08 Å². The highest BCUT2D eigenvalue weighted by atomic mass is 32.2. The first kappa shape index (κ1) is 15.7. The van der Waals surface area contributed by atoms with Gasteiger partial charge in [-0.25, -0.2) is 13.2 Å². The van der Waals surface area contributed by atoms with E-state index in [1.165, 1.54) is 17.4 Å². The average molecular weight is 329 g/mol. The lowest BCUT2D eigenvalue weighted by Crippen LogP contribution is -2.38. The largest absolute Gasteiger partial charge is 0.452 e. The van der Waals surface area contributed by atoms with Crippen molar-refractivity contribution < 1.29 is 22.7 Å². The van der Waals surface area contributed by atoms with Crippen molar-refractivity contribution in [3.05, 3.63) is 28.5 Å². The number of hydrogen-bond acceptors (Lipinski definition) is 6. The van der Waals surface area contributed by atoms with Crippen LogP contribution < -0.4 is 5.32 Å². The minimum atomic E-state index is -3.04. The van der Waals surface area contributed by atoms with E-state index in [1.807, 2.05) is 16.8 Å². The Morgan fingerprint density at radius 1 is 1.48 bits per heavy atom. The Hall–Kier alpha value is -1.67. The lowest BCUT2D eigenvalue weighted by molar-refractivity contribution is -0.143. The molecule has 1 N–H and O–H groups in total. The molecule has 21 heavy (non-hydrogen) atoms. The number of sulfone groups is 1. The van der Waals surface area contributed by atoms with E-state index in [9.17, 15) is 18.0 Å². The molecule has 1 aliphatic heterocycles. The first-order valence-corrected chi connectivity index (χ1v) is 9.08. The highest BCUT2D eigenvalue weighted by Crippen LogP contribution is 2.11. The van der Waals surface area contributed by atoms with Crippen molar-refractivity contribution in [1.29, 1.82) is 0 Å². The molecule has 1 amide bonds. The lowest BCUT2D eigenvalue weighted by Gasteiger charge is -2.10. The molecular formula is C13H15NO5S2. The molecule has 1 aromatic heterocycles. The highest BCUT2D eigenvalue weighted by Gasteiger charge is 2.28. The summed E-state index contributed by atoms with van der Waals surface area (Å²) in [5.74, 6) is -1.07. The molecule has 0 bridgehead atoms. The van der Waals surface area contributed by atoms with E-state index in [2.05, 4.69) is 5.32 Å². The fourth-order valence-electron chi connectivity index (χ4n) is 1.90. The van der Waals surface area contributed by atoms with Crippen LogP contribution in [0.4, 0.5) is 0 Å². The molecule has 0 aromatic carbocycles. The molecule has 1 atom stereocenters. The van der Waals surface area contributed by atoms with Crippen molar-refractivity contribution >= 4 is 39.1 Å². The second kappa shape index (κ2) is 6.86. The molecule has 1 aliphatic rings. The molecule has 0 aliphatic carbocycles. The summed E-state index contributed by atoms with van der Waals surface area (Å²) in [5.41, 5.74) is 0.887. The summed E-state index contributed by atoms with van der Waals surface area (Å²) in [6.45, 7) is -0.413. The summed E-state index contributed by atoms with van der Waals surface area (Å²) in [6, 6.07) is 1.46. The zero-order chi connectivity index (χ0) is 15.3. The number of carbonyl (C=O) groups is 2. The summed E-state index contributed by atoms with van der Waals surface area (Å²) < 4.78 is 27.3. The molecule has 1 aromatic rings. The van der Waals surface area contributed by atoms with E-state index in [0.717, 1.165) is 5.56 Å². The molecule has 2 rings (SSSR count). The molecule has 114 valence electrons. The molecular weight excluding hydrogens is 314 g/mol. The van der Waals surface area contributed by atoms with Gasteiger partial charge in [0, 0.05) is 12.1 Å². The monoisotopic (exact) mass is 329 g/mol. The van der Waals surface area contributed by atoms with Gasteiger partial charge in [-0.3, -0.25) is 4.79 Å². The minimum absolute atomic E-state index is 0.0508. The van der Waals surface area contributed by atoms with Crippen LogP contribution in [0.1, 0.15) is 12.0 Å². The molecule has 2 heterocycles. The van der Waals surface area contributed by atoms with Crippen molar-refractivity contribution in [2.45, 2.75) is 12.5 Å². The second-order valence-electron chi connectivity index (χ2n) is 4.67. The Morgan fingerprint density at radius 2 is 2.29 bits per heavy atom. The number of ether oxygens (including phenoxy) is 1. The zero-order valence-electron chi connectivity index (χ0n) is 11.2. The van der Waals surface area contributed by atoms with E-state index in [-0.39, 0.29) is 17.5 Å². The predicted octanol–water partition coefficient (Wildman–Crippen LogP) is 0.608. The van der Waals surface area contributed by atoms with Gasteiger partial charge in [0.05, 0.1) is 11.5 Å². The van der Waals surface area contributed by atoms with E-state index >= 15 is 0 Å². The van der Waals surface area contributed by atoms with Gasteiger partial charge in [-0.1, -0.05) is 0 Å². The van der Waals surface area contributed by atoms with Crippen LogP contribution in [0.5, 0.6) is 0 Å². The van der Waals surface area contributed by atoms with Gasteiger partial charge >= 0.3 is 5.97 Å². The summed E-state index contributed by atoms with van der Waals surface area (Å²) in [6.07, 6.45) is 3.25. The van der Waals surface area contributed by atoms with E-state index in [1.54, 1.807) is 6.08 Å². The molecule has 0 radical (unpaired) electrons. The number of carbonyl (C=O) groups excluding carboxylic acids is 2. The first-order valence-electron chi connectivity index (χ1n) is 6.31. The fraction of sp³-hybridized carbons (Fsp3) is 0.385. The predicted molar refractivity (Wildman–Crippen MR) is 79.5 cm³/mol. The van der Waals surface area contributed by atoms with Crippen LogP contribution in [0.3, 0.4) is 0 Å². The van der Waals surface area contributed by atoms with Gasteiger partial charge in [0.1, 0.15) is 0 Å². The van der Waals surface area contributed by atoms with Crippen molar-refractivity contribution in [3.63, 3.8) is 0 Å². The normalized spacial score (nSPS) is 20.5. The Bertz CT molecular complexity index is 634. The number of esters is 1. The number of nitrogens with one attached hydrogen (secondary N) is 1. The number of rotatable bonds is 5. The smallest absolute Gasteiger partial charge is 0.331 e. The summed E-state index contributed by atoms with van der Waals surface area (Å²) in [7, 11) is -3.04. The lowest BCUT2D eigenvalue weighted by atomic mass is 10.2. The van der Waals surface area contributed by atoms with Crippen molar-refractivity contribution in [3.8, 4) is 0 Å². The Kier molecular flexibility index (Phi) is 5.13. The molecule has 6 nitrogen and oxygen atoms in total. The van der Waals surface area contributed by atoms with Crippen LogP contribution in [0, 0.1) is 0 Å². The van der Waals surface area contributed by atoms with Gasteiger partial charge in [0.25, 0.3) is 5.91 Å². The minimum Gasteiger partial charge on any atom is -0.452 e. The van der Waals surface area contributed by atoms with Crippen molar-refractivity contribution in [1.82, 2.24) is 5.32 Å². The van der Waals surface area contributed by atoms with Gasteiger partial charge in [-0.2, -0.15) is 11.3 Å². The molecule has 8 heteroatoms. The molecule has 1 saturated heterocycles. The quantitative estimate of drug-likeness (QED) is 0.631. The van der Waals surface area contributed by atoms with Gasteiger partial charge in [0.15, 0.2) is 16.4 Å². The van der Waals surface area contributed by atoms with Gasteiger partial charge in [0.2, 0.25) is 0 Å². The maximum absolute atomic E-state index is 11.5. The fourth-order valence-corrected chi connectivity index (χ4v) is 4.20. The third kappa shape index (κ3) is 5.31. The summed E-state index contributed by atoms with van der Waals surface area (Å²) in [4.78, 5) is 22.9. The SMILES string of the molecule is O=C(COC(=O)/C=C/c1ccsc1)N[C@H]1CCS(=O)(=O)C1. The standard InChI is InChI=1S/C13H15NO5S2/c15-12(14-11-4-6-21(17,18)9-11)7-19-13(16)2-1-10-3-5-20-8-10/h1-3,5,8,11H,4,6-7,9H2,(H,14,15)/b2-1+/t11-/m0/s1. The zero-order valence-corrected chi connectivity index (χ0v) is 12.8. The molecule has 1 fully saturated rings. The first-order chi connectivity index (χ1) is 9.94. The molecule has 0 saturated carbocycles. The van der Waals surface area contributed by atoms with Crippen LogP contribution in [-0.2, 0) is 24.2 Å². The van der Waals surface area contributed by atoms with E-state index in [0.29, 0.717) is 6.42 Å². The van der Waals surface area contributed by atoms with Gasteiger partial charge < -0.3 is 10.1 Å². The number of amides is 1. The van der Waals surface area contributed by atoms with Crippen LogP contribution in [0.2, 0.25) is 0 Å². The maximum Gasteiger partial charge on any atom is 0.331 e. The molecule has 0 spiro atoms. The van der Waals surface area contributed by atoms with Crippen molar-refractivity contribution in [2.75, 3.05) is 18.1 Å². The Morgan fingerprint density at radius 3 is 2.90 bits per heavy atom. The van der Waals surface area contributed by atoms with Gasteiger partial charge in [-0.05, 0) is 34.9 Å². The third-order valence-corrected chi connectivity index (χ3v) is 5.37. The van der Waals surface area contributed by atoms with Crippen LogP contribution in [-0.4, -0.2) is 44.4 Å². The van der Waals surface area contributed by atoms with E-state index in [4.69, 9.17) is 4.74 Å². The number of thiophene rings is 1. The Labute approximate surface area is 126 Å². The Balaban J connectivity index is 1.70. The third-order valence-electron chi connectivity index (χ3n) is 2.90. The number of hydrogen-bond donors (Lipinski definition) is 1. The van der Waals surface area contributed by atoms with Crippen LogP contribution in [0.15, 0.2) is 22.9 Å². The molecule has 0 unspecified atom stereocenters. The highest BCUT2D eigenvalue weighted by molar-refractivity contribution is 7.91. The van der Waals surface area contributed by atoms with Crippen LogP contribution >= 0.6 is 11.3 Å². The summed E-state index contributed by atoms with van der Waals surface area (Å²) >= 11 is 1.51. The second-order valence-corrected chi connectivity index (χ2v) is 7.67. The summed E-state index contributed by atoms with van der Waals surface area (Å²) in [5, 5.41) is 6.30. The van der Waals surface area contributed by atoms with Crippen molar-refractivity contribution in [2.24, 2.45) is 0 Å². The topological polar surface area (TPSA) is 89.5 Å². The average Bonchev–Trinajstić information content (AvgIpc) is 3.03. The maximum atomic E-state index is 11.5. The van der Waals surface area contributed by atoms with Gasteiger partial charge in [-0.15, -0.1) is 0 Å².